The lowest BCUT2D eigenvalue weighted by atomic mass is 10.2. The second-order valence-corrected chi connectivity index (χ2v) is 5.31. The van der Waals surface area contributed by atoms with E-state index in [-0.39, 0.29) is 25.5 Å². The van der Waals surface area contributed by atoms with Crippen LogP contribution in [0.3, 0.4) is 0 Å². The van der Waals surface area contributed by atoms with E-state index in [0.29, 0.717) is 11.4 Å². The Kier molecular flexibility index (Phi) is 5.06. The van der Waals surface area contributed by atoms with Crippen LogP contribution in [0.2, 0.25) is 0 Å². The number of imide groups is 1. The van der Waals surface area contributed by atoms with E-state index in [0.717, 1.165) is 10.6 Å². The first-order valence-corrected chi connectivity index (χ1v) is 7.76. The molecule has 0 saturated heterocycles. The number of para-hydroxylation sites is 2. The summed E-state index contributed by atoms with van der Waals surface area (Å²) in [6.07, 6.45) is 2.90. The van der Waals surface area contributed by atoms with Crippen molar-refractivity contribution < 1.29 is 19.4 Å². The fourth-order valence-electron chi connectivity index (χ4n) is 2.39. The summed E-state index contributed by atoms with van der Waals surface area (Å²) >= 11 is 0. The monoisotopic (exact) mass is 339 g/mol. The zero-order valence-corrected chi connectivity index (χ0v) is 13.4. The average molecular weight is 339 g/mol. The summed E-state index contributed by atoms with van der Waals surface area (Å²) in [5, 5.41) is 11.9. The number of nitrogens with one attached hydrogen (secondary N) is 1. The number of β-amino-alcohol motifs (C(OH)–C–C–N with tert-alkyl or cyclic N) is 1. The van der Waals surface area contributed by atoms with Crippen molar-refractivity contribution in [1.82, 2.24) is 9.88 Å². The number of rotatable bonds is 7. The van der Waals surface area contributed by atoms with Crippen LogP contribution in [0.5, 0.6) is 5.75 Å². The molecule has 0 aliphatic carbocycles. The minimum atomic E-state index is -0.474. The summed E-state index contributed by atoms with van der Waals surface area (Å²) in [5.74, 6) is -0.387. The van der Waals surface area contributed by atoms with E-state index >= 15 is 0 Å². The molecule has 3 rings (SSSR count). The molecule has 1 aliphatic heterocycles. The van der Waals surface area contributed by atoms with Crippen LogP contribution in [0.4, 0.5) is 5.69 Å². The third-order valence-corrected chi connectivity index (χ3v) is 3.59. The number of aliphatic hydroxyl groups excluding tert-OH is 1. The number of amides is 2. The first-order valence-electron chi connectivity index (χ1n) is 7.76. The zero-order valence-electron chi connectivity index (χ0n) is 13.4. The SMILES string of the molecule is O=C1C=C(Nc2ccccc2OCc2ccccn2)C(=O)N1CCO. The molecule has 0 saturated carbocycles. The molecule has 2 aromatic rings. The lowest BCUT2D eigenvalue weighted by Crippen LogP contribution is -2.34. The van der Waals surface area contributed by atoms with E-state index < -0.39 is 11.8 Å². The maximum Gasteiger partial charge on any atom is 0.277 e. The van der Waals surface area contributed by atoms with Crippen LogP contribution in [0.15, 0.2) is 60.4 Å². The normalized spacial score (nSPS) is 13.8. The highest BCUT2D eigenvalue weighted by Crippen LogP contribution is 2.27. The molecule has 2 N–H and O–H groups in total. The van der Waals surface area contributed by atoms with Crippen LogP contribution in [-0.2, 0) is 16.2 Å². The Labute approximate surface area is 144 Å². The molecule has 7 nitrogen and oxygen atoms in total. The molecule has 1 aromatic carbocycles. The van der Waals surface area contributed by atoms with Gasteiger partial charge in [-0.1, -0.05) is 18.2 Å². The van der Waals surface area contributed by atoms with E-state index in [1.807, 2.05) is 24.3 Å². The highest BCUT2D eigenvalue weighted by atomic mass is 16.5. The Hall–Kier alpha value is -3.19. The number of benzene rings is 1. The fourth-order valence-corrected chi connectivity index (χ4v) is 2.39. The average Bonchev–Trinajstić information content (AvgIpc) is 2.90. The van der Waals surface area contributed by atoms with Crippen molar-refractivity contribution in [3.8, 4) is 5.75 Å². The number of pyridine rings is 1. The smallest absolute Gasteiger partial charge is 0.277 e. The highest BCUT2D eigenvalue weighted by Gasteiger charge is 2.30. The van der Waals surface area contributed by atoms with Crippen molar-refractivity contribution >= 4 is 17.5 Å². The van der Waals surface area contributed by atoms with E-state index in [1.54, 1.807) is 24.4 Å². The quantitative estimate of drug-likeness (QED) is 0.739. The second-order valence-electron chi connectivity index (χ2n) is 5.31. The van der Waals surface area contributed by atoms with E-state index in [9.17, 15) is 9.59 Å². The molecular weight excluding hydrogens is 322 g/mol. The van der Waals surface area contributed by atoms with Crippen LogP contribution in [0, 0.1) is 0 Å². The molecule has 2 amide bonds. The molecule has 0 atom stereocenters. The maximum atomic E-state index is 12.2. The first kappa shape index (κ1) is 16.7. The Morgan fingerprint density at radius 3 is 2.68 bits per heavy atom. The Morgan fingerprint density at radius 2 is 1.92 bits per heavy atom. The van der Waals surface area contributed by atoms with Gasteiger partial charge in [-0.3, -0.25) is 19.5 Å². The summed E-state index contributed by atoms with van der Waals surface area (Å²) in [7, 11) is 0. The molecule has 0 fully saturated rings. The number of nitrogens with zero attached hydrogens (tertiary/aromatic N) is 2. The van der Waals surface area contributed by atoms with E-state index in [1.165, 1.54) is 6.08 Å². The molecule has 0 radical (unpaired) electrons. The van der Waals surface area contributed by atoms with Crippen LogP contribution >= 0.6 is 0 Å². The summed E-state index contributed by atoms with van der Waals surface area (Å²) in [6.45, 7) is -0.0262. The third kappa shape index (κ3) is 3.84. The topological polar surface area (TPSA) is 91.8 Å². The molecule has 7 heteroatoms. The number of aliphatic hydroxyl groups is 1. The number of carbonyl (C=O) groups excluding carboxylic acids is 2. The minimum Gasteiger partial charge on any atom is -0.485 e. The second kappa shape index (κ2) is 7.59. The molecule has 2 heterocycles. The van der Waals surface area contributed by atoms with Crippen LogP contribution in [0.1, 0.15) is 5.69 Å². The molecule has 0 unspecified atom stereocenters. The number of hydrogen-bond donors (Lipinski definition) is 2. The maximum absolute atomic E-state index is 12.2. The van der Waals surface area contributed by atoms with Crippen molar-refractivity contribution in [3.05, 3.63) is 66.1 Å². The molecule has 0 spiro atoms. The Morgan fingerprint density at radius 1 is 1.12 bits per heavy atom. The van der Waals surface area contributed by atoms with Gasteiger partial charge in [-0.25, -0.2) is 0 Å². The van der Waals surface area contributed by atoms with Crippen molar-refractivity contribution in [2.75, 3.05) is 18.5 Å². The summed E-state index contributed by atoms with van der Waals surface area (Å²) in [6, 6.07) is 12.7. The molecule has 1 aliphatic rings. The van der Waals surface area contributed by atoms with Crippen molar-refractivity contribution in [2.45, 2.75) is 6.61 Å². The Balaban J connectivity index is 1.72. The van der Waals surface area contributed by atoms with E-state index in [4.69, 9.17) is 9.84 Å². The molecule has 1 aromatic heterocycles. The fraction of sp³-hybridized carbons (Fsp3) is 0.167. The number of ether oxygens (including phenoxy) is 1. The number of aromatic nitrogens is 1. The van der Waals surface area contributed by atoms with Gasteiger partial charge in [0.25, 0.3) is 11.8 Å². The van der Waals surface area contributed by atoms with Crippen LogP contribution < -0.4 is 10.1 Å². The van der Waals surface area contributed by atoms with Crippen molar-refractivity contribution in [1.29, 1.82) is 0 Å². The predicted octanol–water partition coefficient (Wildman–Crippen LogP) is 1.32. The first-order chi connectivity index (χ1) is 12.2. The van der Waals surface area contributed by atoms with E-state index in [2.05, 4.69) is 10.3 Å². The van der Waals surface area contributed by atoms with Gasteiger partial charge >= 0.3 is 0 Å². The van der Waals surface area contributed by atoms with Gasteiger partial charge in [0.2, 0.25) is 0 Å². The molecular formula is C18H17N3O4. The molecule has 128 valence electrons. The lowest BCUT2D eigenvalue weighted by molar-refractivity contribution is -0.137. The van der Waals surface area contributed by atoms with Crippen molar-refractivity contribution in [2.24, 2.45) is 0 Å². The summed E-state index contributed by atoms with van der Waals surface area (Å²) in [5.41, 5.74) is 1.49. The Bertz CT molecular complexity index is 805. The van der Waals surface area contributed by atoms with Gasteiger partial charge in [0.05, 0.1) is 24.5 Å². The zero-order chi connectivity index (χ0) is 17.6. The van der Waals surface area contributed by atoms with Gasteiger partial charge in [0.1, 0.15) is 18.1 Å². The van der Waals surface area contributed by atoms with Crippen molar-refractivity contribution in [3.63, 3.8) is 0 Å². The number of hydrogen-bond acceptors (Lipinski definition) is 6. The summed E-state index contributed by atoms with van der Waals surface area (Å²) in [4.78, 5) is 29.2. The summed E-state index contributed by atoms with van der Waals surface area (Å²) < 4.78 is 5.77. The van der Waals surface area contributed by atoms with Gasteiger partial charge in [0.15, 0.2) is 0 Å². The number of carbonyl (C=O) groups is 2. The largest absolute Gasteiger partial charge is 0.485 e. The standard InChI is InChI=1S/C18H17N3O4/c22-10-9-21-17(23)11-15(18(21)24)20-14-6-1-2-7-16(14)25-12-13-5-3-4-8-19-13/h1-8,11,20,22H,9-10,12H2. The number of anilines is 1. The van der Waals surface area contributed by atoms with Gasteiger partial charge in [-0.2, -0.15) is 0 Å². The highest BCUT2D eigenvalue weighted by molar-refractivity contribution is 6.17. The molecule has 25 heavy (non-hydrogen) atoms. The minimum absolute atomic E-state index is 0.0306. The predicted molar refractivity (Wildman–Crippen MR) is 90.5 cm³/mol. The van der Waals surface area contributed by atoms with Crippen LogP contribution in [-0.4, -0.2) is 40.0 Å². The van der Waals surface area contributed by atoms with Gasteiger partial charge in [-0.05, 0) is 24.3 Å². The molecule has 0 bridgehead atoms. The van der Waals surface area contributed by atoms with Gasteiger partial charge in [0, 0.05) is 12.3 Å². The van der Waals surface area contributed by atoms with Crippen LogP contribution in [0.25, 0.3) is 0 Å². The van der Waals surface area contributed by atoms with Gasteiger partial charge < -0.3 is 15.2 Å². The third-order valence-electron chi connectivity index (χ3n) is 3.59. The van der Waals surface area contributed by atoms with Gasteiger partial charge in [-0.15, -0.1) is 0 Å². The lowest BCUT2D eigenvalue weighted by Gasteiger charge is -2.15.